The Labute approximate surface area is 132 Å². The molecule has 3 aromatic rings. The first kappa shape index (κ1) is 13.5. The van der Waals surface area contributed by atoms with Gasteiger partial charge in [0.25, 0.3) is 0 Å². The second-order valence-electron chi connectivity index (χ2n) is 5.37. The summed E-state index contributed by atoms with van der Waals surface area (Å²) >= 11 is 1.77. The summed E-state index contributed by atoms with van der Waals surface area (Å²) in [5, 5.41) is 1.08. The third kappa shape index (κ3) is 2.13. The van der Waals surface area contributed by atoms with Gasteiger partial charge >= 0.3 is 0 Å². The fraction of sp³-hybridized carbons (Fsp3) is 0.294. The summed E-state index contributed by atoms with van der Waals surface area (Å²) in [4.78, 5) is 11.6. The van der Waals surface area contributed by atoms with Crippen molar-refractivity contribution in [2.45, 2.75) is 26.2 Å². The Kier molecular flexibility index (Phi) is 3.22. The zero-order valence-electron chi connectivity index (χ0n) is 12.5. The van der Waals surface area contributed by atoms with Crippen molar-refractivity contribution in [2.75, 3.05) is 7.11 Å². The third-order valence-corrected chi connectivity index (χ3v) is 5.10. The largest absolute Gasteiger partial charge is 0.493 e. The normalized spacial score (nSPS) is 13.4. The number of nitrogens with zero attached hydrogens (tertiary/aromatic N) is 2. The molecule has 4 nitrogen and oxygen atoms in total. The van der Waals surface area contributed by atoms with E-state index in [4.69, 9.17) is 9.47 Å². The lowest BCUT2D eigenvalue weighted by Crippen LogP contribution is -1.96. The molecule has 0 radical (unpaired) electrons. The molecule has 112 valence electrons. The highest BCUT2D eigenvalue weighted by atomic mass is 32.1. The van der Waals surface area contributed by atoms with Crippen LogP contribution in [0.5, 0.6) is 17.4 Å². The van der Waals surface area contributed by atoms with E-state index in [2.05, 4.69) is 9.97 Å². The fourth-order valence-electron chi connectivity index (χ4n) is 2.95. The minimum absolute atomic E-state index is 0.645. The van der Waals surface area contributed by atoms with Gasteiger partial charge in [0.2, 0.25) is 5.88 Å². The number of aryl methyl sites for hydroxylation is 3. The van der Waals surface area contributed by atoms with Crippen LogP contribution in [0.25, 0.3) is 10.2 Å². The van der Waals surface area contributed by atoms with Gasteiger partial charge in [-0.25, -0.2) is 4.98 Å². The third-order valence-electron chi connectivity index (χ3n) is 3.92. The molecule has 0 bridgehead atoms. The minimum Gasteiger partial charge on any atom is -0.493 e. The van der Waals surface area contributed by atoms with Crippen LogP contribution in [-0.2, 0) is 12.8 Å². The van der Waals surface area contributed by atoms with Gasteiger partial charge in [-0.3, -0.25) is 0 Å². The van der Waals surface area contributed by atoms with E-state index >= 15 is 0 Å². The van der Waals surface area contributed by atoms with Gasteiger partial charge in [-0.2, -0.15) is 4.98 Å². The van der Waals surface area contributed by atoms with Crippen LogP contribution in [0.2, 0.25) is 0 Å². The lowest BCUT2D eigenvalue weighted by Gasteiger charge is -2.11. The summed E-state index contributed by atoms with van der Waals surface area (Å²) in [5.74, 6) is 2.77. The minimum atomic E-state index is 0.645. The molecule has 0 amide bonds. The number of para-hydroxylation sites is 2. The summed E-state index contributed by atoms with van der Waals surface area (Å²) in [5.41, 5.74) is 1.37. The van der Waals surface area contributed by atoms with Gasteiger partial charge in [0, 0.05) is 4.88 Å². The Bertz CT molecular complexity index is 857. The Morgan fingerprint density at radius 1 is 1.09 bits per heavy atom. The van der Waals surface area contributed by atoms with Crippen molar-refractivity contribution in [1.29, 1.82) is 0 Å². The Morgan fingerprint density at radius 3 is 2.73 bits per heavy atom. The van der Waals surface area contributed by atoms with Crippen LogP contribution in [-0.4, -0.2) is 17.1 Å². The SMILES string of the molecule is COc1ccccc1Oc1nc(C)nc2sc3c(c12)CCC3. The van der Waals surface area contributed by atoms with Gasteiger partial charge < -0.3 is 9.47 Å². The number of hydrogen-bond acceptors (Lipinski definition) is 5. The van der Waals surface area contributed by atoms with E-state index in [-0.39, 0.29) is 0 Å². The number of rotatable bonds is 3. The van der Waals surface area contributed by atoms with Crippen molar-refractivity contribution in [1.82, 2.24) is 9.97 Å². The predicted octanol–water partition coefficient (Wildman–Crippen LogP) is 4.29. The number of hydrogen-bond donors (Lipinski definition) is 0. The van der Waals surface area contributed by atoms with Gasteiger partial charge in [0.1, 0.15) is 10.7 Å². The molecule has 0 aliphatic heterocycles. The Balaban J connectivity index is 1.87. The fourth-order valence-corrected chi connectivity index (χ4v) is 4.24. The van der Waals surface area contributed by atoms with Crippen molar-refractivity contribution < 1.29 is 9.47 Å². The Morgan fingerprint density at radius 2 is 1.91 bits per heavy atom. The first-order valence-corrected chi connectivity index (χ1v) is 8.17. The van der Waals surface area contributed by atoms with E-state index in [0.717, 1.165) is 28.9 Å². The molecule has 0 saturated carbocycles. The lowest BCUT2D eigenvalue weighted by atomic mass is 10.2. The molecule has 4 rings (SSSR count). The monoisotopic (exact) mass is 312 g/mol. The summed E-state index contributed by atoms with van der Waals surface area (Å²) < 4.78 is 11.5. The summed E-state index contributed by atoms with van der Waals surface area (Å²) in [6, 6.07) is 7.64. The smallest absolute Gasteiger partial charge is 0.231 e. The van der Waals surface area contributed by atoms with Crippen molar-refractivity contribution in [3.63, 3.8) is 0 Å². The molecular formula is C17H16N2O2S. The number of fused-ring (bicyclic) bond motifs is 3. The molecule has 0 fully saturated rings. The predicted molar refractivity (Wildman–Crippen MR) is 87.2 cm³/mol. The van der Waals surface area contributed by atoms with Crippen LogP contribution in [0, 0.1) is 6.92 Å². The second-order valence-corrected chi connectivity index (χ2v) is 6.45. The number of benzene rings is 1. The van der Waals surface area contributed by atoms with Gasteiger partial charge in [0.05, 0.1) is 12.5 Å². The molecule has 2 heterocycles. The highest BCUT2D eigenvalue weighted by molar-refractivity contribution is 7.19. The molecule has 0 N–H and O–H groups in total. The van der Waals surface area contributed by atoms with Crippen LogP contribution >= 0.6 is 11.3 Å². The highest BCUT2D eigenvalue weighted by Crippen LogP contribution is 2.42. The van der Waals surface area contributed by atoms with E-state index in [1.54, 1.807) is 18.4 Å². The summed E-state index contributed by atoms with van der Waals surface area (Å²) in [6.45, 7) is 1.90. The molecule has 0 atom stereocenters. The van der Waals surface area contributed by atoms with E-state index in [9.17, 15) is 0 Å². The van der Waals surface area contributed by atoms with Gasteiger partial charge in [-0.05, 0) is 43.9 Å². The molecule has 1 aliphatic carbocycles. The van der Waals surface area contributed by atoms with E-state index in [1.807, 2.05) is 31.2 Å². The van der Waals surface area contributed by atoms with Crippen molar-refractivity contribution >= 4 is 21.6 Å². The van der Waals surface area contributed by atoms with Crippen molar-refractivity contribution in [2.24, 2.45) is 0 Å². The van der Waals surface area contributed by atoms with Crippen LogP contribution in [0.15, 0.2) is 24.3 Å². The molecule has 1 aliphatic rings. The Hall–Kier alpha value is -2.14. The van der Waals surface area contributed by atoms with E-state index in [1.165, 1.54) is 16.9 Å². The average Bonchev–Trinajstić information content (AvgIpc) is 3.07. The standard InChI is InChI=1S/C17H16N2O2S/c1-10-18-16(21-13-8-4-3-7-12(13)20-2)15-11-6-5-9-14(11)22-17(15)19-10/h3-4,7-8H,5-6,9H2,1-2H3. The average molecular weight is 312 g/mol. The van der Waals surface area contributed by atoms with Gasteiger partial charge in [0.15, 0.2) is 11.5 Å². The maximum absolute atomic E-state index is 6.11. The van der Waals surface area contributed by atoms with Crippen LogP contribution in [0.1, 0.15) is 22.7 Å². The highest BCUT2D eigenvalue weighted by Gasteiger charge is 2.23. The van der Waals surface area contributed by atoms with Gasteiger partial charge in [-0.1, -0.05) is 12.1 Å². The van der Waals surface area contributed by atoms with E-state index < -0.39 is 0 Å². The first-order chi connectivity index (χ1) is 10.8. The second kappa shape index (κ2) is 5.25. The van der Waals surface area contributed by atoms with Crippen LogP contribution < -0.4 is 9.47 Å². The molecule has 0 unspecified atom stereocenters. The van der Waals surface area contributed by atoms with Crippen LogP contribution in [0.3, 0.4) is 0 Å². The number of methoxy groups -OCH3 is 1. The summed E-state index contributed by atoms with van der Waals surface area (Å²) in [7, 11) is 1.64. The quantitative estimate of drug-likeness (QED) is 0.723. The molecule has 22 heavy (non-hydrogen) atoms. The zero-order chi connectivity index (χ0) is 15.1. The maximum atomic E-state index is 6.11. The zero-order valence-corrected chi connectivity index (χ0v) is 13.4. The molecule has 5 heteroatoms. The number of thiophene rings is 1. The van der Waals surface area contributed by atoms with Gasteiger partial charge in [-0.15, -0.1) is 11.3 Å². The lowest BCUT2D eigenvalue weighted by molar-refractivity contribution is 0.375. The van der Waals surface area contributed by atoms with E-state index in [0.29, 0.717) is 17.4 Å². The molecule has 0 saturated heterocycles. The molecular weight excluding hydrogens is 296 g/mol. The summed E-state index contributed by atoms with van der Waals surface area (Å²) in [6.07, 6.45) is 3.44. The maximum Gasteiger partial charge on any atom is 0.231 e. The van der Waals surface area contributed by atoms with Crippen molar-refractivity contribution in [3.05, 3.63) is 40.5 Å². The first-order valence-electron chi connectivity index (χ1n) is 7.36. The number of ether oxygens (including phenoxy) is 2. The molecule has 2 aromatic heterocycles. The molecule has 1 aromatic carbocycles. The topological polar surface area (TPSA) is 44.2 Å². The molecule has 0 spiro atoms. The number of aromatic nitrogens is 2. The van der Waals surface area contributed by atoms with Crippen LogP contribution in [0.4, 0.5) is 0 Å². The van der Waals surface area contributed by atoms with Crippen molar-refractivity contribution in [3.8, 4) is 17.4 Å².